The van der Waals surface area contributed by atoms with Gasteiger partial charge in [-0.25, -0.2) is 0 Å². The number of nitrogens with one attached hydrogen (secondary N) is 1. The van der Waals surface area contributed by atoms with Crippen LogP contribution < -0.4 is 5.32 Å². The summed E-state index contributed by atoms with van der Waals surface area (Å²) >= 11 is 0. The summed E-state index contributed by atoms with van der Waals surface area (Å²) in [4.78, 5) is 13.8. The molecule has 0 aliphatic carbocycles. The first-order valence-electron chi connectivity index (χ1n) is 6.34. The molecule has 0 unspecified atom stereocenters. The number of para-hydroxylation sites is 1. The predicted molar refractivity (Wildman–Crippen MR) is 73.5 cm³/mol. The average molecular weight is 250 g/mol. The molecule has 0 aromatic heterocycles. The second-order valence-corrected chi connectivity index (χ2v) is 4.48. The van der Waals surface area contributed by atoms with Crippen molar-refractivity contribution in [2.24, 2.45) is 0 Å². The monoisotopic (exact) mass is 250 g/mol. The molecule has 1 amide bonds. The predicted octanol–water partition coefficient (Wildman–Crippen LogP) is 1.72. The van der Waals surface area contributed by atoms with Gasteiger partial charge in [0.05, 0.1) is 6.54 Å². The lowest BCUT2D eigenvalue weighted by Crippen LogP contribution is -2.41. The standard InChI is InChI=1S/C14H22N2O2/c1-12(2)16(9-6-10-17)14(18)11-15-13-7-4-3-5-8-13/h3-5,7-8,12,15,17H,6,9-11H2,1-2H3. The van der Waals surface area contributed by atoms with E-state index >= 15 is 0 Å². The summed E-state index contributed by atoms with van der Waals surface area (Å²) in [6.07, 6.45) is 0.620. The fourth-order valence-electron chi connectivity index (χ4n) is 1.75. The summed E-state index contributed by atoms with van der Waals surface area (Å²) in [7, 11) is 0. The van der Waals surface area contributed by atoms with Gasteiger partial charge < -0.3 is 15.3 Å². The summed E-state index contributed by atoms with van der Waals surface area (Å²) in [6, 6.07) is 9.81. The lowest BCUT2D eigenvalue weighted by Gasteiger charge is -2.26. The van der Waals surface area contributed by atoms with Crippen LogP contribution in [0.5, 0.6) is 0 Å². The minimum atomic E-state index is 0.0577. The summed E-state index contributed by atoms with van der Waals surface area (Å²) in [5, 5.41) is 11.9. The number of benzene rings is 1. The third kappa shape index (κ3) is 4.75. The van der Waals surface area contributed by atoms with Crippen LogP contribution in [0.3, 0.4) is 0 Å². The molecule has 0 fully saturated rings. The van der Waals surface area contributed by atoms with E-state index in [4.69, 9.17) is 5.11 Å². The lowest BCUT2D eigenvalue weighted by molar-refractivity contribution is -0.131. The Morgan fingerprint density at radius 3 is 2.56 bits per heavy atom. The number of aliphatic hydroxyl groups is 1. The van der Waals surface area contributed by atoms with Gasteiger partial charge in [-0.3, -0.25) is 4.79 Å². The molecule has 0 atom stereocenters. The smallest absolute Gasteiger partial charge is 0.242 e. The topological polar surface area (TPSA) is 52.6 Å². The molecule has 1 aromatic carbocycles. The number of carbonyl (C=O) groups is 1. The van der Waals surface area contributed by atoms with Gasteiger partial charge in [-0.1, -0.05) is 18.2 Å². The van der Waals surface area contributed by atoms with Crippen molar-refractivity contribution in [2.45, 2.75) is 26.3 Å². The molecule has 1 rings (SSSR count). The van der Waals surface area contributed by atoms with Crippen molar-refractivity contribution in [3.8, 4) is 0 Å². The molecule has 1 aromatic rings. The molecule has 18 heavy (non-hydrogen) atoms. The van der Waals surface area contributed by atoms with E-state index in [9.17, 15) is 4.79 Å². The Balaban J connectivity index is 2.46. The lowest BCUT2D eigenvalue weighted by atomic mass is 10.2. The Kier molecular flexibility index (Phi) is 6.22. The SMILES string of the molecule is CC(C)N(CCCO)C(=O)CNc1ccccc1. The number of aliphatic hydroxyl groups excluding tert-OH is 1. The van der Waals surface area contributed by atoms with Gasteiger partial charge in [0.25, 0.3) is 0 Å². The molecule has 4 nitrogen and oxygen atoms in total. The Bertz CT molecular complexity index is 352. The zero-order chi connectivity index (χ0) is 13.4. The van der Waals surface area contributed by atoms with Crippen molar-refractivity contribution < 1.29 is 9.90 Å². The van der Waals surface area contributed by atoms with E-state index in [-0.39, 0.29) is 25.1 Å². The van der Waals surface area contributed by atoms with Gasteiger partial charge in [0.1, 0.15) is 0 Å². The van der Waals surface area contributed by atoms with Crippen molar-refractivity contribution in [3.63, 3.8) is 0 Å². The minimum Gasteiger partial charge on any atom is -0.396 e. The average Bonchev–Trinajstić information content (AvgIpc) is 2.37. The summed E-state index contributed by atoms with van der Waals surface area (Å²) in [5.41, 5.74) is 0.941. The highest BCUT2D eigenvalue weighted by Crippen LogP contribution is 2.06. The van der Waals surface area contributed by atoms with E-state index in [1.807, 2.05) is 44.2 Å². The van der Waals surface area contributed by atoms with E-state index < -0.39 is 0 Å². The van der Waals surface area contributed by atoms with Gasteiger partial charge in [-0.05, 0) is 32.4 Å². The second-order valence-electron chi connectivity index (χ2n) is 4.48. The van der Waals surface area contributed by atoms with E-state index in [0.717, 1.165) is 5.69 Å². The third-order valence-electron chi connectivity index (χ3n) is 2.72. The van der Waals surface area contributed by atoms with Crippen LogP contribution in [-0.2, 0) is 4.79 Å². The first kappa shape index (κ1) is 14.5. The molecule has 0 aliphatic rings. The molecule has 0 bridgehead atoms. The third-order valence-corrected chi connectivity index (χ3v) is 2.72. The highest BCUT2D eigenvalue weighted by molar-refractivity contribution is 5.81. The fraction of sp³-hybridized carbons (Fsp3) is 0.500. The van der Waals surface area contributed by atoms with Gasteiger partial charge in [-0.2, -0.15) is 0 Å². The molecule has 0 radical (unpaired) electrons. The number of carbonyl (C=O) groups excluding carboxylic acids is 1. The van der Waals surface area contributed by atoms with Crippen molar-refractivity contribution in [2.75, 3.05) is 25.0 Å². The number of rotatable bonds is 7. The quantitative estimate of drug-likeness (QED) is 0.774. The minimum absolute atomic E-state index is 0.0577. The molecule has 100 valence electrons. The molecule has 0 saturated heterocycles. The number of hydrogen-bond donors (Lipinski definition) is 2. The summed E-state index contributed by atoms with van der Waals surface area (Å²) < 4.78 is 0. The van der Waals surface area contributed by atoms with Crippen molar-refractivity contribution in [1.29, 1.82) is 0 Å². The van der Waals surface area contributed by atoms with Crippen LogP contribution in [-0.4, -0.2) is 41.7 Å². The first-order chi connectivity index (χ1) is 8.65. The van der Waals surface area contributed by atoms with Gasteiger partial charge >= 0.3 is 0 Å². The molecular weight excluding hydrogens is 228 g/mol. The normalized spacial score (nSPS) is 10.4. The van der Waals surface area contributed by atoms with E-state index in [2.05, 4.69) is 5.32 Å². The highest BCUT2D eigenvalue weighted by atomic mass is 16.3. The number of amides is 1. The van der Waals surface area contributed by atoms with E-state index in [1.165, 1.54) is 0 Å². The van der Waals surface area contributed by atoms with Crippen LogP contribution in [0.15, 0.2) is 30.3 Å². The Hall–Kier alpha value is -1.55. The maximum absolute atomic E-state index is 12.0. The molecule has 0 saturated carbocycles. The first-order valence-corrected chi connectivity index (χ1v) is 6.34. The van der Waals surface area contributed by atoms with E-state index in [0.29, 0.717) is 13.0 Å². The van der Waals surface area contributed by atoms with Crippen LogP contribution in [0.4, 0.5) is 5.69 Å². The van der Waals surface area contributed by atoms with Crippen LogP contribution in [0.25, 0.3) is 0 Å². The van der Waals surface area contributed by atoms with Crippen LogP contribution in [0, 0.1) is 0 Å². The number of nitrogens with zero attached hydrogens (tertiary/aromatic N) is 1. The van der Waals surface area contributed by atoms with Gasteiger partial charge in [0.2, 0.25) is 5.91 Å². The van der Waals surface area contributed by atoms with Crippen molar-refractivity contribution in [3.05, 3.63) is 30.3 Å². The largest absolute Gasteiger partial charge is 0.396 e. The summed E-state index contributed by atoms with van der Waals surface area (Å²) in [5.74, 6) is 0.0577. The van der Waals surface area contributed by atoms with Gasteiger partial charge in [-0.15, -0.1) is 0 Å². The summed E-state index contributed by atoms with van der Waals surface area (Å²) in [6.45, 7) is 4.97. The zero-order valence-corrected chi connectivity index (χ0v) is 11.1. The molecule has 4 heteroatoms. The fourth-order valence-corrected chi connectivity index (χ4v) is 1.75. The maximum atomic E-state index is 12.0. The van der Waals surface area contributed by atoms with Crippen LogP contribution in [0.2, 0.25) is 0 Å². The van der Waals surface area contributed by atoms with Crippen LogP contribution >= 0.6 is 0 Å². The molecule has 0 spiro atoms. The second kappa shape index (κ2) is 7.71. The number of anilines is 1. The Morgan fingerprint density at radius 2 is 2.00 bits per heavy atom. The zero-order valence-electron chi connectivity index (χ0n) is 11.1. The highest BCUT2D eigenvalue weighted by Gasteiger charge is 2.15. The molecular formula is C14H22N2O2. The Morgan fingerprint density at radius 1 is 1.33 bits per heavy atom. The molecule has 0 heterocycles. The number of hydrogen-bond acceptors (Lipinski definition) is 3. The van der Waals surface area contributed by atoms with Crippen LogP contribution in [0.1, 0.15) is 20.3 Å². The van der Waals surface area contributed by atoms with Crippen molar-refractivity contribution in [1.82, 2.24) is 4.90 Å². The molecule has 0 aliphatic heterocycles. The van der Waals surface area contributed by atoms with Gasteiger partial charge in [0.15, 0.2) is 0 Å². The Labute approximate surface area is 109 Å². The molecule has 2 N–H and O–H groups in total. The van der Waals surface area contributed by atoms with Crippen molar-refractivity contribution >= 4 is 11.6 Å². The van der Waals surface area contributed by atoms with Gasteiger partial charge in [0, 0.05) is 24.9 Å². The van der Waals surface area contributed by atoms with E-state index in [1.54, 1.807) is 4.90 Å². The maximum Gasteiger partial charge on any atom is 0.242 e.